The molecular formula is C31H41N7O2S. The Morgan fingerprint density at radius 2 is 1.85 bits per heavy atom. The van der Waals surface area contributed by atoms with Crippen LogP contribution in [-0.2, 0) is 0 Å². The average molecular weight is 576 g/mol. The third-order valence-electron chi connectivity index (χ3n) is 7.23. The van der Waals surface area contributed by atoms with Gasteiger partial charge in [-0.2, -0.15) is 15.1 Å². The van der Waals surface area contributed by atoms with Gasteiger partial charge in [-0.25, -0.2) is 0 Å². The van der Waals surface area contributed by atoms with Crippen molar-refractivity contribution in [2.24, 2.45) is 0 Å². The van der Waals surface area contributed by atoms with Gasteiger partial charge in [0.1, 0.15) is 11.6 Å². The van der Waals surface area contributed by atoms with Crippen LogP contribution in [0.2, 0.25) is 0 Å². The van der Waals surface area contributed by atoms with Crippen LogP contribution < -0.4 is 15.4 Å². The summed E-state index contributed by atoms with van der Waals surface area (Å²) in [5.41, 5.74) is 5.00. The van der Waals surface area contributed by atoms with Gasteiger partial charge in [0.15, 0.2) is 5.65 Å². The minimum atomic E-state index is 0.0145. The lowest BCUT2D eigenvalue weighted by molar-refractivity contribution is 0.164. The maximum Gasteiger partial charge on any atom is 0.231 e. The molecule has 0 saturated carbocycles. The molecule has 0 unspecified atom stereocenters. The average Bonchev–Trinajstić information content (AvgIpc) is 3.41. The van der Waals surface area contributed by atoms with Gasteiger partial charge in [0.05, 0.1) is 35.7 Å². The number of ether oxygens (including phenoxy) is 1. The lowest BCUT2D eigenvalue weighted by Crippen LogP contribution is -2.35. The van der Waals surface area contributed by atoms with Gasteiger partial charge in [-0.05, 0) is 88.0 Å². The molecule has 5 rings (SSSR count). The number of para-hydroxylation sites is 1. The molecule has 4 N–H and O–H groups in total. The topological polar surface area (TPSA) is 111 Å². The van der Waals surface area contributed by atoms with Crippen LogP contribution in [0.3, 0.4) is 0 Å². The fourth-order valence-corrected chi connectivity index (χ4v) is 6.27. The van der Waals surface area contributed by atoms with Crippen LogP contribution >= 0.6 is 11.8 Å². The van der Waals surface area contributed by atoms with Crippen molar-refractivity contribution in [3.8, 4) is 5.75 Å². The fourth-order valence-electron chi connectivity index (χ4n) is 5.36. The van der Waals surface area contributed by atoms with Crippen molar-refractivity contribution >= 4 is 45.9 Å². The van der Waals surface area contributed by atoms with Crippen LogP contribution in [0.1, 0.15) is 57.6 Å². The number of piperidine rings is 1. The van der Waals surface area contributed by atoms with Gasteiger partial charge in [0.2, 0.25) is 5.95 Å². The summed E-state index contributed by atoms with van der Waals surface area (Å²) < 4.78 is 6.31. The highest BCUT2D eigenvalue weighted by Gasteiger charge is 2.24. The van der Waals surface area contributed by atoms with Crippen LogP contribution in [0.15, 0.2) is 47.5 Å². The Hall–Kier alpha value is -3.34. The molecule has 4 aromatic rings. The highest BCUT2D eigenvalue weighted by Crippen LogP contribution is 2.39. The molecule has 1 fully saturated rings. The number of aliphatic hydroxyl groups is 1. The zero-order valence-corrected chi connectivity index (χ0v) is 25.4. The Morgan fingerprint density at radius 3 is 2.59 bits per heavy atom. The molecule has 41 heavy (non-hydrogen) atoms. The van der Waals surface area contributed by atoms with E-state index in [4.69, 9.17) is 14.7 Å². The number of hydrogen-bond donors (Lipinski definition) is 4. The predicted molar refractivity (Wildman–Crippen MR) is 168 cm³/mol. The summed E-state index contributed by atoms with van der Waals surface area (Å²) in [7, 11) is 0. The third kappa shape index (κ3) is 7.12. The van der Waals surface area contributed by atoms with Crippen LogP contribution in [0.4, 0.5) is 23.1 Å². The van der Waals surface area contributed by atoms with Crippen LogP contribution in [0, 0.1) is 6.92 Å². The van der Waals surface area contributed by atoms with Gasteiger partial charge in [-0.3, -0.25) is 5.10 Å². The minimum Gasteiger partial charge on any atom is -0.489 e. The van der Waals surface area contributed by atoms with Crippen molar-refractivity contribution in [3.63, 3.8) is 0 Å². The molecule has 1 aliphatic rings. The van der Waals surface area contributed by atoms with E-state index in [1.54, 1.807) is 6.20 Å². The first-order valence-corrected chi connectivity index (χ1v) is 15.3. The summed E-state index contributed by atoms with van der Waals surface area (Å²) in [6.07, 6.45) is 3.90. The summed E-state index contributed by atoms with van der Waals surface area (Å²) >= 11 is 1.81. The predicted octanol–water partition coefficient (Wildman–Crippen LogP) is 6.61. The Labute approximate surface area is 246 Å². The zero-order valence-electron chi connectivity index (χ0n) is 24.6. The van der Waals surface area contributed by atoms with Crippen LogP contribution in [-0.4, -0.2) is 67.8 Å². The smallest absolute Gasteiger partial charge is 0.231 e. The second-order valence-electron chi connectivity index (χ2n) is 11.2. The molecule has 218 valence electrons. The first-order chi connectivity index (χ1) is 19.8. The van der Waals surface area contributed by atoms with Crippen molar-refractivity contribution in [2.45, 2.75) is 69.6 Å². The molecule has 1 aliphatic heterocycles. The van der Waals surface area contributed by atoms with Gasteiger partial charge in [-0.1, -0.05) is 26.0 Å². The minimum absolute atomic E-state index is 0.0145. The molecule has 0 bridgehead atoms. The first kappa shape index (κ1) is 29.2. The first-order valence-electron chi connectivity index (χ1n) is 14.5. The standard InChI is InChI=1S/C31H41N7O2S/c1-19(2)40-27-17-23(22-10-12-38(13-11-22)14-15-39)21(5)16-26(27)34-31-35-29(24-18-32-37-30(24)36-31)33-25-8-6-7-9-28(25)41-20(3)4/h6-9,16-20,22,39H,10-15H2,1-5H3,(H3,32,33,34,35,36,37). The molecule has 0 amide bonds. The number of rotatable bonds is 11. The Bertz CT molecular complexity index is 1460. The Morgan fingerprint density at radius 1 is 1.07 bits per heavy atom. The number of hydrogen-bond acceptors (Lipinski definition) is 9. The number of H-pyrrole nitrogens is 1. The Balaban J connectivity index is 1.45. The number of likely N-dealkylation sites (tertiary alicyclic amines) is 1. The highest BCUT2D eigenvalue weighted by atomic mass is 32.2. The fraction of sp³-hybridized carbons (Fsp3) is 0.452. The number of anilines is 4. The summed E-state index contributed by atoms with van der Waals surface area (Å²) in [5.74, 6) is 2.39. The second kappa shape index (κ2) is 13.1. The molecule has 0 radical (unpaired) electrons. The van der Waals surface area contributed by atoms with Crippen molar-refractivity contribution in [1.29, 1.82) is 0 Å². The SMILES string of the molecule is Cc1cc(Nc2nc(Nc3ccccc3SC(C)C)c3cn[nH]c3n2)c(OC(C)C)cc1C1CCN(CCO)CC1. The molecule has 0 atom stereocenters. The van der Waals surface area contributed by atoms with Gasteiger partial charge in [0, 0.05) is 16.7 Å². The highest BCUT2D eigenvalue weighted by molar-refractivity contribution is 8.00. The summed E-state index contributed by atoms with van der Waals surface area (Å²) in [4.78, 5) is 13.1. The quantitative estimate of drug-likeness (QED) is 0.147. The number of β-amino-alcohol motifs (C(OH)–C–C–N with tert-alkyl or cyclic N) is 1. The summed E-state index contributed by atoms with van der Waals surface area (Å²) in [5, 5.41) is 24.8. The van der Waals surface area contributed by atoms with E-state index < -0.39 is 0 Å². The largest absolute Gasteiger partial charge is 0.489 e. The third-order valence-corrected chi connectivity index (χ3v) is 8.31. The van der Waals surface area contributed by atoms with E-state index in [1.165, 1.54) is 11.1 Å². The molecule has 10 heteroatoms. The number of fused-ring (bicyclic) bond motifs is 1. The molecule has 0 aliphatic carbocycles. The maximum absolute atomic E-state index is 9.31. The lowest BCUT2D eigenvalue weighted by atomic mass is 9.86. The van der Waals surface area contributed by atoms with E-state index >= 15 is 0 Å². The molecule has 3 heterocycles. The number of aromatic amines is 1. The van der Waals surface area contributed by atoms with Gasteiger partial charge in [-0.15, -0.1) is 11.8 Å². The van der Waals surface area contributed by atoms with Gasteiger partial charge >= 0.3 is 0 Å². The molecule has 2 aromatic heterocycles. The number of aromatic nitrogens is 4. The molecule has 9 nitrogen and oxygen atoms in total. The van der Waals surface area contributed by atoms with E-state index in [0.717, 1.165) is 59.9 Å². The van der Waals surface area contributed by atoms with Gasteiger partial charge < -0.3 is 25.4 Å². The van der Waals surface area contributed by atoms with E-state index in [2.05, 4.69) is 76.8 Å². The molecule has 1 saturated heterocycles. The van der Waals surface area contributed by atoms with E-state index in [-0.39, 0.29) is 12.7 Å². The van der Waals surface area contributed by atoms with E-state index in [0.29, 0.717) is 28.6 Å². The van der Waals surface area contributed by atoms with Crippen molar-refractivity contribution in [2.75, 3.05) is 36.9 Å². The van der Waals surface area contributed by atoms with Crippen molar-refractivity contribution < 1.29 is 9.84 Å². The van der Waals surface area contributed by atoms with Crippen LogP contribution in [0.5, 0.6) is 5.75 Å². The summed E-state index contributed by atoms with van der Waals surface area (Å²) in [6, 6.07) is 12.6. The van der Waals surface area contributed by atoms with Crippen LogP contribution in [0.25, 0.3) is 11.0 Å². The normalized spacial score (nSPS) is 14.7. The number of nitrogens with one attached hydrogen (secondary N) is 3. The number of aryl methyl sites for hydroxylation is 1. The number of aliphatic hydroxyl groups excluding tert-OH is 1. The van der Waals surface area contributed by atoms with Gasteiger partial charge in [0.25, 0.3) is 0 Å². The number of nitrogens with zero attached hydrogens (tertiary/aromatic N) is 4. The van der Waals surface area contributed by atoms with E-state index in [9.17, 15) is 5.11 Å². The number of thioether (sulfide) groups is 1. The molecular weight excluding hydrogens is 534 g/mol. The lowest BCUT2D eigenvalue weighted by Gasteiger charge is -2.32. The zero-order chi connectivity index (χ0) is 28.9. The van der Waals surface area contributed by atoms with Crippen molar-refractivity contribution in [3.05, 3.63) is 53.7 Å². The Kier molecular flexibility index (Phi) is 9.32. The maximum atomic E-state index is 9.31. The molecule has 0 spiro atoms. The van der Waals surface area contributed by atoms with E-state index in [1.807, 2.05) is 31.7 Å². The number of benzene rings is 2. The second-order valence-corrected chi connectivity index (χ2v) is 12.8. The molecule has 2 aromatic carbocycles. The summed E-state index contributed by atoms with van der Waals surface area (Å²) in [6.45, 7) is 13.6. The van der Waals surface area contributed by atoms with Crippen molar-refractivity contribution in [1.82, 2.24) is 25.1 Å². The monoisotopic (exact) mass is 575 g/mol.